The van der Waals surface area contributed by atoms with Gasteiger partial charge in [0, 0.05) is 0 Å². The van der Waals surface area contributed by atoms with Gasteiger partial charge in [-0.05, 0) is 0 Å². The Morgan fingerprint density at radius 1 is 1.11 bits per heavy atom. The van der Waals surface area contributed by atoms with Gasteiger partial charge in [-0.1, -0.05) is 0 Å². The summed E-state index contributed by atoms with van der Waals surface area (Å²) >= 11 is -3.31. The first-order chi connectivity index (χ1) is 4.35. The molecule has 0 amide bonds. The van der Waals surface area contributed by atoms with Crippen molar-refractivity contribution in [1.82, 2.24) is 0 Å². The van der Waals surface area contributed by atoms with E-state index in [0.29, 0.717) is 0 Å². The van der Waals surface area contributed by atoms with Gasteiger partial charge in [-0.15, -0.1) is 0 Å². The third kappa shape index (κ3) is 5.86. The number of hydrogen-bond donors (Lipinski definition) is 0. The van der Waals surface area contributed by atoms with Gasteiger partial charge in [0.1, 0.15) is 0 Å². The van der Waals surface area contributed by atoms with Crippen LogP contribution in [0.1, 0.15) is 0 Å². The average Bonchev–Trinajstić information content (AvgIpc) is 1.91. The van der Waals surface area contributed by atoms with E-state index in [2.05, 4.69) is 0 Å². The van der Waals surface area contributed by atoms with Crippen LogP contribution in [0.5, 0.6) is 0 Å². The minimum absolute atomic E-state index is 1.05. The molecule has 9 heavy (non-hydrogen) atoms. The molecule has 3 radical (unpaired) electrons. The van der Waals surface area contributed by atoms with E-state index in [4.69, 9.17) is 10.6 Å². The molecule has 6 heteroatoms. The Morgan fingerprint density at radius 2 is 1.67 bits per heavy atom. The Bertz CT molecular complexity index is 57.8. The summed E-state index contributed by atoms with van der Waals surface area (Å²) in [6.45, 7) is 0. The summed E-state index contributed by atoms with van der Waals surface area (Å²) in [6.07, 6.45) is 0. The van der Waals surface area contributed by atoms with Crippen molar-refractivity contribution in [2.75, 3.05) is 21.3 Å². The first-order valence-electron chi connectivity index (χ1n) is 2.25. The van der Waals surface area contributed by atoms with E-state index in [9.17, 15) is 0 Å². The van der Waals surface area contributed by atoms with Gasteiger partial charge >= 0.3 is 74.9 Å². The summed E-state index contributed by atoms with van der Waals surface area (Å²) in [5.41, 5.74) is 0. The zero-order valence-electron chi connectivity index (χ0n) is 5.63. The van der Waals surface area contributed by atoms with Gasteiger partial charge < -0.3 is 0 Å². The summed E-state index contributed by atoms with van der Waals surface area (Å²) in [5, 5.41) is 0. The van der Waals surface area contributed by atoms with Crippen molar-refractivity contribution in [1.29, 1.82) is 0 Å². The third-order valence-corrected chi connectivity index (χ3v) is 8.42. The summed E-state index contributed by atoms with van der Waals surface area (Å²) in [4.78, 5) is 0. The van der Waals surface area contributed by atoms with Gasteiger partial charge in [0.05, 0.1) is 0 Å². The van der Waals surface area contributed by atoms with Crippen LogP contribution in [0.15, 0.2) is 0 Å². The van der Waals surface area contributed by atoms with E-state index in [1.807, 2.05) is 0 Å². The predicted octanol–water partition coefficient (Wildman–Crippen LogP) is -0.539. The van der Waals surface area contributed by atoms with Gasteiger partial charge in [0.25, 0.3) is 0 Å². The van der Waals surface area contributed by atoms with E-state index in [1.165, 1.54) is 0 Å². The minimum atomic E-state index is -2.26. The standard InChI is InChI=1S/3CH3O.O.2Sn/c3*1-2;;;/h3*1H3;;;/q3*-1;;+1;+2. The number of hydrogen-bond acceptors (Lipinski definition) is 4. The molecule has 0 N–H and O–H groups in total. The molecule has 0 saturated heterocycles. The predicted molar refractivity (Wildman–Crippen MR) is 33.6 cm³/mol. The van der Waals surface area contributed by atoms with Crippen LogP contribution in [0.2, 0.25) is 0 Å². The molecule has 0 aliphatic heterocycles. The third-order valence-electron chi connectivity index (χ3n) is 0.542. The SMILES string of the molecule is C[O][Sn][O][Sn]([O]C)[O]C. The van der Waals surface area contributed by atoms with Gasteiger partial charge in [0.15, 0.2) is 0 Å². The zero-order valence-corrected chi connectivity index (χ0v) is 11.3. The molecule has 0 heterocycles. The molecule has 0 aliphatic rings. The maximum atomic E-state index is 5.19. The Balaban J connectivity index is 3.09. The second-order valence-corrected chi connectivity index (χ2v) is 10.9. The van der Waals surface area contributed by atoms with Crippen LogP contribution < -0.4 is 0 Å². The van der Waals surface area contributed by atoms with Crippen LogP contribution >= 0.6 is 0 Å². The van der Waals surface area contributed by atoms with Crippen molar-refractivity contribution in [2.45, 2.75) is 0 Å². The van der Waals surface area contributed by atoms with E-state index >= 15 is 0 Å². The molecule has 0 atom stereocenters. The molecular formula is C3H9O4Sn2. The molecular weight excluding hydrogens is 337 g/mol. The molecule has 0 aromatic carbocycles. The second kappa shape index (κ2) is 7.54. The Kier molecular flexibility index (Phi) is 8.75. The van der Waals surface area contributed by atoms with Crippen molar-refractivity contribution < 1.29 is 10.6 Å². The van der Waals surface area contributed by atoms with Crippen molar-refractivity contribution in [2.24, 2.45) is 0 Å². The first kappa shape index (κ1) is 10.4. The van der Waals surface area contributed by atoms with Crippen LogP contribution in [-0.2, 0) is 10.6 Å². The molecule has 53 valence electrons. The van der Waals surface area contributed by atoms with Crippen LogP contribution in [0.25, 0.3) is 0 Å². The summed E-state index contributed by atoms with van der Waals surface area (Å²) < 4.78 is 19.8. The normalized spacial score (nSPS) is 10.7. The van der Waals surface area contributed by atoms with E-state index < -0.39 is 43.0 Å². The molecule has 0 spiro atoms. The van der Waals surface area contributed by atoms with Crippen molar-refractivity contribution >= 4 is 43.0 Å². The fourth-order valence-corrected chi connectivity index (χ4v) is 7.71. The van der Waals surface area contributed by atoms with Crippen molar-refractivity contribution in [3.8, 4) is 0 Å². The summed E-state index contributed by atoms with van der Waals surface area (Å²) in [7, 11) is 4.85. The average molecular weight is 347 g/mol. The second-order valence-electron chi connectivity index (χ2n) is 1.05. The Hall–Kier alpha value is 1.44. The Morgan fingerprint density at radius 3 is 2.00 bits per heavy atom. The zero-order chi connectivity index (χ0) is 7.11. The summed E-state index contributed by atoms with van der Waals surface area (Å²) in [5.74, 6) is 0. The molecule has 0 aromatic heterocycles. The van der Waals surface area contributed by atoms with Gasteiger partial charge in [-0.3, -0.25) is 0 Å². The van der Waals surface area contributed by atoms with Crippen LogP contribution in [0, 0.1) is 0 Å². The first-order valence-corrected chi connectivity index (χ1v) is 8.07. The van der Waals surface area contributed by atoms with Crippen molar-refractivity contribution in [3.63, 3.8) is 0 Å². The molecule has 0 unspecified atom stereocenters. The molecule has 0 aliphatic carbocycles. The summed E-state index contributed by atoms with van der Waals surface area (Å²) in [6, 6.07) is 0. The van der Waals surface area contributed by atoms with E-state index in [0.717, 1.165) is 0 Å². The fourth-order valence-electron chi connectivity index (χ4n) is 0.242. The van der Waals surface area contributed by atoms with Crippen molar-refractivity contribution in [3.05, 3.63) is 0 Å². The molecule has 0 bridgehead atoms. The van der Waals surface area contributed by atoms with Gasteiger partial charge in [-0.2, -0.15) is 0 Å². The quantitative estimate of drug-likeness (QED) is 0.627. The molecule has 0 rings (SSSR count). The topological polar surface area (TPSA) is 36.9 Å². The fraction of sp³-hybridized carbons (Fsp3) is 1.00. The van der Waals surface area contributed by atoms with E-state index in [-0.39, 0.29) is 0 Å². The molecule has 4 nitrogen and oxygen atoms in total. The molecule has 0 saturated carbocycles. The van der Waals surface area contributed by atoms with Crippen LogP contribution in [0.4, 0.5) is 0 Å². The molecule has 0 fully saturated rings. The van der Waals surface area contributed by atoms with Gasteiger partial charge in [0.2, 0.25) is 0 Å². The van der Waals surface area contributed by atoms with Crippen LogP contribution in [-0.4, -0.2) is 64.3 Å². The van der Waals surface area contributed by atoms with Gasteiger partial charge in [-0.25, -0.2) is 0 Å². The Labute approximate surface area is 74.5 Å². The van der Waals surface area contributed by atoms with E-state index in [1.54, 1.807) is 21.3 Å². The number of rotatable bonds is 5. The maximum absolute atomic E-state index is 5.19. The monoisotopic (exact) mass is 349 g/mol. The molecule has 0 aromatic rings. The van der Waals surface area contributed by atoms with Crippen LogP contribution in [0.3, 0.4) is 0 Å².